The van der Waals surface area contributed by atoms with Crippen molar-refractivity contribution in [3.8, 4) is 0 Å². The van der Waals surface area contributed by atoms with Crippen molar-refractivity contribution >= 4 is 6.09 Å². The maximum atomic E-state index is 11.9. The molecule has 1 atom stereocenters. The van der Waals surface area contributed by atoms with Gasteiger partial charge in [-0.2, -0.15) is 0 Å². The zero-order chi connectivity index (χ0) is 12.5. The summed E-state index contributed by atoms with van der Waals surface area (Å²) in [6.07, 6.45) is -0.206. The van der Waals surface area contributed by atoms with Gasteiger partial charge in [0.15, 0.2) is 0 Å². The fraction of sp³-hybridized carbons (Fsp3) is 0.917. The van der Waals surface area contributed by atoms with Crippen LogP contribution >= 0.6 is 0 Å². The van der Waals surface area contributed by atoms with Gasteiger partial charge in [-0.1, -0.05) is 0 Å². The van der Waals surface area contributed by atoms with Crippen molar-refractivity contribution in [2.45, 2.75) is 32.4 Å². The number of hydrogen-bond donors (Lipinski definition) is 0. The summed E-state index contributed by atoms with van der Waals surface area (Å²) in [6.45, 7) is 10.6. The first kappa shape index (κ1) is 12.6. The summed E-state index contributed by atoms with van der Waals surface area (Å²) in [5, 5.41) is 0. The van der Waals surface area contributed by atoms with Crippen LogP contribution in [0.3, 0.4) is 0 Å². The average Bonchev–Trinajstić information content (AvgIpc) is 2.26. The molecule has 2 aliphatic rings. The number of hydrogen-bond acceptors (Lipinski definition) is 4. The van der Waals surface area contributed by atoms with Crippen LogP contribution in [0.4, 0.5) is 4.79 Å². The number of ether oxygens (including phenoxy) is 2. The molecule has 1 unspecified atom stereocenters. The molecular formula is C12H22N2O3. The number of nitrogens with zero attached hydrogens (tertiary/aromatic N) is 2. The molecule has 0 aromatic carbocycles. The lowest BCUT2D eigenvalue weighted by atomic mass is 10.1. The zero-order valence-corrected chi connectivity index (χ0v) is 10.9. The third-order valence-electron chi connectivity index (χ3n) is 3.09. The van der Waals surface area contributed by atoms with E-state index in [4.69, 9.17) is 9.47 Å². The molecule has 0 N–H and O–H groups in total. The van der Waals surface area contributed by atoms with Gasteiger partial charge in [-0.15, -0.1) is 0 Å². The van der Waals surface area contributed by atoms with Crippen LogP contribution in [-0.2, 0) is 9.47 Å². The Hall–Kier alpha value is -0.810. The first-order chi connectivity index (χ1) is 7.96. The number of morpholine rings is 1. The Labute approximate surface area is 103 Å². The van der Waals surface area contributed by atoms with E-state index >= 15 is 0 Å². The SMILES string of the molecule is CC(C)(C)OC(=O)N1CCN2CCOCC2C1. The molecule has 0 spiro atoms. The number of piperazine rings is 1. The Morgan fingerprint density at radius 2 is 2.06 bits per heavy atom. The predicted octanol–water partition coefficient (Wildman–Crippen LogP) is 0.938. The van der Waals surface area contributed by atoms with E-state index < -0.39 is 5.60 Å². The lowest BCUT2D eigenvalue weighted by molar-refractivity contribution is -0.0503. The largest absolute Gasteiger partial charge is 0.444 e. The summed E-state index contributed by atoms with van der Waals surface area (Å²) in [5.74, 6) is 0. The summed E-state index contributed by atoms with van der Waals surface area (Å²) in [5.41, 5.74) is -0.419. The Balaban J connectivity index is 1.89. The van der Waals surface area contributed by atoms with Gasteiger partial charge < -0.3 is 14.4 Å². The lowest BCUT2D eigenvalue weighted by Gasteiger charge is -2.43. The second-order valence-corrected chi connectivity index (χ2v) is 5.69. The molecule has 2 rings (SSSR count). The molecule has 0 saturated carbocycles. The van der Waals surface area contributed by atoms with E-state index in [0.717, 1.165) is 39.4 Å². The van der Waals surface area contributed by atoms with E-state index in [0.29, 0.717) is 6.04 Å². The third kappa shape index (κ3) is 3.33. The van der Waals surface area contributed by atoms with Crippen LogP contribution in [0.25, 0.3) is 0 Å². The van der Waals surface area contributed by atoms with E-state index in [9.17, 15) is 4.79 Å². The van der Waals surface area contributed by atoms with Crippen molar-refractivity contribution in [1.29, 1.82) is 0 Å². The van der Waals surface area contributed by atoms with Gasteiger partial charge in [0.25, 0.3) is 0 Å². The summed E-state index contributed by atoms with van der Waals surface area (Å²) >= 11 is 0. The quantitative estimate of drug-likeness (QED) is 0.634. The van der Waals surface area contributed by atoms with Crippen molar-refractivity contribution in [2.24, 2.45) is 0 Å². The fourth-order valence-corrected chi connectivity index (χ4v) is 2.24. The first-order valence-electron chi connectivity index (χ1n) is 6.25. The topological polar surface area (TPSA) is 42.0 Å². The highest BCUT2D eigenvalue weighted by atomic mass is 16.6. The van der Waals surface area contributed by atoms with Crippen LogP contribution in [0.2, 0.25) is 0 Å². The molecular weight excluding hydrogens is 220 g/mol. The molecule has 2 heterocycles. The van der Waals surface area contributed by atoms with Crippen LogP contribution < -0.4 is 0 Å². The molecule has 0 bridgehead atoms. The number of rotatable bonds is 0. The number of fused-ring (bicyclic) bond motifs is 1. The van der Waals surface area contributed by atoms with Crippen molar-refractivity contribution in [2.75, 3.05) is 39.4 Å². The minimum absolute atomic E-state index is 0.206. The second kappa shape index (κ2) is 4.82. The molecule has 5 nitrogen and oxygen atoms in total. The van der Waals surface area contributed by atoms with Gasteiger partial charge in [-0.3, -0.25) is 4.90 Å². The van der Waals surface area contributed by atoms with Crippen molar-refractivity contribution < 1.29 is 14.3 Å². The summed E-state index contributed by atoms with van der Waals surface area (Å²) in [6, 6.07) is 0.338. The van der Waals surface area contributed by atoms with Gasteiger partial charge in [0.2, 0.25) is 0 Å². The van der Waals surface area contributed by atoms with Crippen LogP contribution in [0, 0.1) is 0 Å². The number of amides is 1. The summed E-state index contributed by atoms with van der Waals surface area (Å²) in [7, 11) is 0. The Morgan fingerprint density at radius 1 is 1.29 bits per heavy atom. The molecule has 98 valence electrons. The molecule has 0 aromatic heterocycles. The minimum atomic E-state index is -0.419. The van der Waals surface area contributed by atoms with E-state index in [2.05, 4.69) is 4.90 Å². The number of carbonyl (C=O) groups is 1. The fourth-order valence-electron chi connectivity index (χ4n) is 2.24. The van der Waals surface area contributed by atoms with Crippen LogP contribution in [-0.4, -0.2) is 66.9 Å². The van der Waals surface area contributed by atoms with Crippen LogP contribution in [0.5, 0.6) is 0 Å². The van der Waals surface area contributed by atoms with Gasteiger partial charge in [0, 0.05) is 26.2 Å². The van der Waals surface area contributed by atoms with Gasteiger partial charge in [0.1, 0.15) is 5.60 Å². The molecule has 5 heteroatoms. The highest BCUT2D eigenvalue weighted by molar-refractivity contribution is 5.68. The summed E-state index contributed by atoms with van der Waals surface area (Å²) < 4.78 is 10.8. The highest BCUT2D eigenvalue weighted by Gasteiger charge is 2.33. The average molecular weight is 242 g/mol. The second-order valence-electron chi connectivity index (χ2n) is 5.69. The van der Waals surface area contributed by atoms with Crippen molar-refractivity contribution in [3.63, 3.8) is 0 Å². The summed E-state index contributed by atoms with van der Waals surface area (Å²) in [4.78, 5) is 16.1. The Bertz CT molecular complexity index is 288. The predicted molar refractivity (Wildman–Crippen MR) is 64.0 cm³/mol. The Morgan fingerprint density at radius 3 is 2.76 bits per heavy atom. The van der Waals surface area contributed by atoms with Crippen molar-refractivity contribution in [3.05, 3.63) is 0 Å². The standard InChI is InChI=1S/C12H22N2O3/c1-12(2,3)17-11(15)14-5-4-13-6-7-16-9-10(13)8-14/h10H,4-9H2,1-3H3. The smallest absolute Gasteiger partial charge is 0.410 e. The molecule has 0 aliphatic carbocycles. The number of carbonyl (C=O) groups excluding carboxylic acids is 1. The Kier molecular flexibility index (Phi) is 3.58. The van der Waals surface area contributed by atoms with Gasteiger partial charge in [-0.25, -0.2) is 4.79 Å². The highest BCUT2D eigenvalue weighted by Crippen LogP contribution is 2.16. The maximum Gasteiger partial charge on any atom is 0.410 e. The third-order valence-corrected chi connectivity index (χ3v) is 3.09. The molecule has 1 amide bonds. The molecule has 2 saturated heterocycles. The first-order valence-corrected chi connectivity index (χ1v) is 6.25. The minimum Gasteiger partial charge on any atom is -0.444 e. The van der Waals surface area contributed by atoms with E-state index in [1.807, 2.05) is 20.8 Å². The molecule has 2 fully saturated rings. The molecule has 0 aromatic rings. The van der Waals surface area contributed by atoms with Gasteiger partial charge in [-0.05, 0) is 20.8 Å². The van der Waals surface area contributed by atoms with E-state index in [-0.39, 0.29) is 6.09 Å². The molecule has 2 aliphatic heterocycles. The molecule has 17 heavy (non-hydrogen) atoms. The maximum absolute atomic E-state index is 11.9. The van der Waals surface area contributed by atoms with E-state index in [1.54, 1.807) is 4.90 Å². The molecule has 0 radical (unpaired) electrons. The monoisotopic (exact) mass is 242 g/mol. The van der Waals surface area contributed by atoms with Crippen LogP contribution in [0.15, 0.2) is 0 Å². The normalized spacial score (nSPS) is 26.5. The zero-order valence-electron chi connectivity index (χ0n) is 10.9. The van der Waals surface area contributed by atoms with E-state index in [1.165, 1.54) is 0 Å². The van der Waals surface area contributed by atoms with Gasteiger partial charge >= 0.3 is 6.09 Å². The van der Waals surface area contributed by atoms with Gasteiger partial charge in [0.05, 0.1) is 19.3 Å². The lowest BCUT2D eigenvalue weighted by Crippen LogP contribution is -2.59. The van der Waals surface area contributed by atoms with Crippen LogP contribution in [0.1, 0.15) is 20.8 Å². The van der Waals surface area contributed by atoms with Crippen molar-refractivity contribution in [1.82, 2.24) is 9.80 Å².